The Morgan fingerprint density at radius 1 is 1.06 bits per heavy atom. The Bertz CT molecular complexity index is 209. The molecule has 9 heteroatoms. The summed E-state index contributed by atoms with van der Waals surface area (Å²) in [5, 5.41) is 0. The highest BCUT2D eigenvalue weighted by atomic mass is 32.3. The predicted octanol–water partition coefficient (Wildman–Crippen LogP) is 3.03. The van der Waals surface area contributed by atoms with Gasteiger partial charge in [-0.2, -0.15) is 0 Å². The van der Waals surface area contributed by atoms with Gasteiger partial charge >= 0.3 is 0 Å². The monoisotopic (exact) mass is 287 g/mol. The van der Waals surface area contributed by atoms with E-state index < -0.39 is 17.4 Å². The Morgan fingerprint density at radius 2 is 1.29 bits per heavy atom. The van der Waals surface area contributed by atoms with Crippen LogP contribution < -0.4 is 0 Å². The Balaban J connectivity index is -0.000000207. The first-order valence-corrected chi connectivity index (χ1v) is 5.96. The van der Waals surface area contributed by atoms with Crippen molar-refractivity contribution in [2.75, 3.05) is 20.3 Å². The average molecular weight is 287 g/mol. The second-order valence-electron chi connectivity index (χ2n) is 2.72. The Morgan fingerprint density at radius 3 is 1.41 bits per heavy atom. The van der Waals surface area contributed by atoms with Gasteiger partial charge in [0.2, 0.25) is 6.93 Å². The molecule has 0 aromatic rings. The maximum Gasteiger partial charge on any atom is 0.255 e. The second kappa shape index (κ2) is 15.6. The highest BCUT2D eigenvalue weighted by Crippen LogP contribution is 2.12. The summed E-state index contributed by atoms with van der Waals surface area (Å²) in [7, 11) is -5.42. The number of hydrogen-bond acceptors (Lipinski definition) is 3. The van der Waals surface area contributed by atoms with Crippen molar-refractivity contribution in [3.05, 3.63) is 0 Å². The van der Waals surface area contributed by atoms with Crippen molar-refractivity contribution >= 4 is 10.5 Å². The molecule has 0 N–H and O–H groups in total. The normalized spacial score (nSPS) is 10.1. The lowest BCUT2D eigenvalue weighted by Gasteiger charge is -2.08. The summed E-state index contributed by atoms with van der Waals surface area (Å²) in [5.41, 5.74) is 0. The van der Waals surface area contributed by atoms with Gasteiger partial charge < -0.3 is 4.55 Å². The van der Waals surface area contributed by atoms with Crippen molar-refractivity contribution < 1.29 is 34.4 Å². The minimum absolute atomic E-state index is 0.264. The maximum absolute atomic E-state index is 11.6. The lowest BCUT2D eigenvalue weighted by atomic mass is 10.0. The van der Waals surface area contributed by atoms with E-state index in [1.54, 1.807) is 0 Å². The van der Waals surface area contributed by atoms with Crippen LogP contribution in [-0.2, 0) is 10.5 Å². The first-order chi connectivity index (χ1) is 7.76. The summed E-state index contributed by atoms with van der Waals surface area (Å²) >= 11 is 0. The molecule has 0 saturated heterocycles. The molecule has 0 aliphatic heterocycles. The van der Waals surface area contributed by atoms with Crippen LogP contribution in [0.3, 0.4) is 0 Å². The number of alkyl halides is 4. The first kappa shape index (κ1) is 21.8. The van der Waals surface area contributed by atoms with E-state index in [9.17, 15) is 21.4 Å². The van der Waals surface area contributed by atoms with Crippen LogP contribution in [0.4, 0.5) is 21.4 Å². The molecule has 0 amide bonds. The van der Waals surface area contributed by atoms with Crippen LogP contribution in [0.2, 0.25) is 0 Å². The van der Waals surface area contributed by atoms with Gasteiger partial charge in [0.05, 0.1) is 13.3 Å². The van der Waals surface area contributed by atoms with Gasteiger partial charge in [-0.3, -0.25) is 8.78 Å². The topological polar surface area (TPSA) is 57.2 Å². The fraction of sp³-hybridized carbons (Fsp3) is 1.00. The lowest BCUT2D eigenvalue weighted by molar-refractivity contribution is 0.295. The molecule has 0 fully saturated rings. The molecule has 0 unspecified atom stereocenters. The Hall–Kier alpha value is -0.440. The van der Waals surface area contributed by atoms with E-state index >= 15 is 0 Å². The van der Waals surface area contributed by atoms with Gasteiger partial charge in [0.1, 0.15) is 0 Å². The molecule has 0 spiro atoms. The summed E-state index contributed by atoms with van der Waals surface area (Å²) in [6.45, 7) is -0.396. The molecule has 0 aliphatic rings. The summed E-state index contributed by atoms with van der Waals surface area (Å²) in [6, 6.07) is 0. The third-order valence-corrected chi connectivity index (χ3v) is 1.61. The summed E-state index contributed by atoms with van der Waals surface area (Å²) in [4.78, 5) is 0. The van der Waals surface area contributed by atoms with Gasteiger partial charge in [-0.05, 0) is 18.8 Å². The Kier molecular flexibility index (Phi) is 20.0. The summed E-state index contributed by atoms with van der Waals surface area (Å²) in [6.07, 6.45) is 1.95. The minimum atomic E-state index is -5.42. The number of rotatable bonds is 5. The molecule has 0 rings (SSSR count). The Labute approximate surface area is 98.1 Å². The molecule has 0 aromatic heterocycles. The van der Waals surface area contributed by atoms with E-state index in [1.165, 1.54) is 0 Å². The molecule has 0 aliphatic carbocycles. The third-order valence-electron chi connectivity index (χ3n) is 1.61. The van der Waals surface area contributed by atoms with Gasteiger partial charge in [-0.25, -0.2) is 17.2 Å². The molecule has 0 heterocycles. The van der Waals surface area contributed by atoms with Crippen molar-refractivity contribution in [1.82, 2.24) is 0 Å². The molecule has 0 radical (unpaired) electrons. The number of halogens is 5. The fourth-order valence-electron chi connectivity index (χ4n) is 0.861. The quantitative estimate of drug-likeness (QED) is 0.443. The van der Waals surface area contributed by atoms with Gasteiger partial charge in [-0.15, -0.1) is 3.89 Å². The summed E-state index contributed by atoms with van der Waals surface area (Å²) < 4.78 is 77.8. The minimum Gasteiger partial charge on any atom is -0.722 e. The molecular formula is C8H16F5O3S-. The SMILES string of the molecule is CCC(CCF)CCF.FCF.O=S(=O)([O-])F. The zero-order valence-electron chi connectivity index (χ0n) is 9.34. The molecular weight excluding hydrogens is 271 g/mol. The fourth-order valence-corrected chi connectivity index (χ4v) is 0.861. The van der Waals surface area contributed by atoms with Crippen LogP contribution in [0.25, 0.3) is 0 Å². The van der Waals surface area contributed by atoms with E-state index in [0.717, 1.165) is 6.42 Å². The largest absolute Gasteiger partial charge is 0.722 e. The van der Waals surface area contributed by atoms with Crippen molar-refractivity contribution in [3.63, 3.8) is 0 Å². The van der Waals surface area contributed by atoms with Crippen molar-refractivity contribution in [3.8, 4) is 0 Å². The van der Waals surface area contributed by atoms with Gasteiger partial charge in [-0.1, -0.05) is 13.3 Å². The van der Waals surface area contributed by atoms with Crippen LogP contribution in [-0.4, -0.2) is 33.2 Å². The summed E-state index contributed by atoms with van der Waals surface area (Å²) in [5.74, 6) is 0.264. The van der Waals surface area contributed by atoms with Crippen LogP contribution in [0, 0.1) is 5.92 Å². The molecule has 108 valence electrons. The molecule has 0 atom stereocenters. The van der Waals surface area contributed by atoms with Crippen LogP contribution >= 0.6 is 0 Å². The molecule has 0 aromatic carbocycles. The van der Waals surface area contributed by atoms with Crippen molar-refractivity contribution in [2.24, 2.45) is 5.92 Å². The van der Waals surface area contributed by atoms with E-state index in [1.807, 2.05) is 6.92 Å². The number of hydrogen-bond donors (Lipinski definition) is 0. The smallest absolute Gasteiger partial charge is 0.255 e. The van der Waals surface area contributed by atoms with E-state index in [2.05, 4.69) is 0 Å². The zero-order valence-corrected chi connectivity index (χ0v) is 10.2. The van der Waals surface area contributed by atoms with E-state index in [-0.39, 0.29) is 19.3 Å². The zero-order chi connectivity index (χ0) is 14.3. The molecule has 3 nitrogen and oxygen atoms in total. The highest BCUT2D eigenvalue weighted by Gasteiger charge is 2.03. The average Bonchev–Trinajstić information content (AvgIpc) is 2.16. The molecule has 0 bridgehead atoms. The van der Waals surface area contributed by atoms with E-state index in [4.69, 9.17) is 13.0 Å². The van der Waals surface area contributed by atoms with Crippen LogP contribution in [0.5, 0.6) is 0 Å². The highest BCUT2D eigenvalue weighted by molar-refractivity contribution is 7.80. The van der Waals surface area contributed by atoms with Gasteiger partial charge in [0.25, 0.3) is 10.5 Å². The van der Waals surface area contributed by atoms with Crippen LogP contribution in [0.15, 0.2) is 0 Å². The van der Waals surface area contributed by atoms with Crippen LogP contribution in [0.1, 0.15) is 26.2 Å². The molecule has 17 heavy (non-hydrogen) atoms. The van der Waals surface area contributed by atoms with Gasteiger partial charge in [0.15, 0.2) is 0 Å². The standard InChI is InChI=1S/C7H14F2.CH2F2.FHO3S/c1-2-7(3-5-8)4-6-9;2-1-3;1-5(2,3)4/h7H,2-6H2,1H3;1H2;(H,2,3,4)/p-1. The third kappa shape index (κ3) is 50.1. The van der Waals surface area contributed by atoms with Crippen molar-refractivity contribution in [1.29, 1.82) is 0 Å². The van der Waals surface area contributed by atoms with E-state index in [0.29, 0.717) is 12.8 Å². The lowest BCUT2D eigenvalue weighted by Crippen LogP contribution is -2.00. The maximum atomic E-state index is 11.6. The van der Waals surface area contributed by atoms with Gasteiger partial charge in [0, 0.05) is 0 Å². The molecule has 0 saturated carbocycles. The van der Waals surface area contributed by atoms with Crippen molar-refractivity contribution in [2.45, 2.75) is 26.2 Å². The second-order valence-corrected chi connectivity index (χ2v) is 3.51. The predicted molar refractivity (Wildman–Crippen MR) is 52.9 cm³/mol. The first-order valence-electron chi connectivity index (χ1n) is 4.66.